The Bertz CT molecular complexity index is 443. The molecule has 0 saturated heterocycles. The smallest absolute Gasteiger partial charge is 0.305 e. The van der Waals surface area contributed by atoms with E-state index in [1.54, 1.807) is 25.2 Å². The number of nitrogens with two attached hydrogens (primary N) is 1. The van der Waals surface area contributed by atoms with Gasteiger partial charge >= 0.3 is 5.97 Å². The standard InChI is InChI=1S/C12H16N2O3/c1-8-7-9(3-4-10(8)13)12(17)14(2)6-5-11(15)16/h3-4,7H,5-6,13H2,1-2H3,(H,15,16). The maximum absolute atomic E-state index is 11.9. The van der Waals surface area contributed by atoms with E-state index in [1.807, 2.05) is 6.92 Å². The molecule has 1 rings (SSSR count). The summed E-state index contributed by atoms with van der Waals surface area (Å²) in [4.78, 5) is 23.7. The van der Waals surface area contributed by atoms with Gasteiger partial charge in [-0.05, 0) is 30.7 Å². The van der Waals surface area contributed by atoms with Gasteiger partial charge in [-0.2, -0.15) is 0 Å². The van der Waals surface area contributed by atoms with Crippen LogP contribution in [0.5, 0.6) is 0 Å². The molecule has 5 heteroatoms. The number of carboxylic acid groups (broad SMARTS) is 1. The van der Waals surface area contributed by atoms with E-state index in [4.69, 9.17) is 10.8 Å². The second kappa shape index (κ2) is 5.34. The molecule has 17 heavy (non-hydrogen) atoms. The van der Waals surface area contributed by atoms with Crippen molar-refractivity contribution in [1.29, 1.82) is 0 Å². The molecule has 92 valence electrons. The molecule has 0 bridgehead atoms. The topological polar surface area (TPSA) is 83.6 Å². The van der Waals surface area contributed by atoms with Gasteiger partial charge in [0.15, 0.2) is 0 Å². The molecule has 1 amide bonds. The number of carbonyl (C=O) groups is 2. The quantitative estimate of drug-likeness (QED) is 0.767. The molecule has 0 heterocycles. The summed E-state index contributed by atoms with van der Waals surface area (Å²) >= 11 is 0. The van der Waals surface area contributed by atoms with Crippen LogP contribution in [0.25, 0.3) is 0 Å². The van der Waals surface area contributed by atoms with Crippen LogP contribution in [-0.2, 0) is 4.79 Å². The number of aryl methyl sites for hydroxylation is 1. The molecule has 0 radical (unpaired) electrons. The molecule has 0 fully saturated rings. The SMILES string of the molecule is Cc1cc(C(=O)N(C)CCC(=O)O)ccc1N. The molecule has 3 N–H and O–H groups in total. The van der Waals surface area contributed by atoms with Crippen LogP contribution in [-0.4, -0.2) is 35.5 Å². The third-order valence-electron chi connectivity index (χ3n) is 2.52. The molecule has 0 spiro atoms. The fraction of sp³-hybridized carbons (Fsp3) is 0.333. The van der Waals surface area contributed by atoms with Crippen molar-refractivity contribution in [3.05, 3.63) is 29.3 Å². The molecule has 0 aromatic heterocycles. The van der Waals surface area contributed by atoms with E-state index in [-0.39, 0.29) is 18.9 Å². The Morgan fingerprint density at radius 2 is 2.06 bits per heavy atom. The predicted octanol–water partition coefficient (Wildman–Crippen LogP) is 1.12. The van der Waals surface area contributed by atoms with E-state index in [9.17, 15) is 9.59 Å². The van der Waals surface area contributed by atoms with E-state index in [0.29, 0.717) is 11.3 Å². The normalized spacial score (nSPS) is 10.0. The fourth-order valence-electron chi connectivity index (χ4n) is 1.39. The Morgan fingerprint density at radius 3 is 2.59 bits per heavy atom. The molecule has 0 unspecified atom stereocenters. The summed E-state index contributed by atoms with van der Waals surface area (Å²) in [6, 6.07) is 5.02. The molecule has 0 aliphatic carbocycles. The molecule has 0 aliphatic heterocycles. The van der Waals surface area contributed by atoms with Gasteiger partial charge in [0.25, 0.3) is 5.91 Å². The van der Waals surface area contributed by atoms with Crippen LogP contribution in [0.2, 0.25) is 0 Å². The van der Waals surface area contributed by atoms with E-state index in [0.717, 1.165) is 5.56 Å². The van der Waals surface area contributed by atoms with Crippen LogP contribution in [0.1, 0.15) is 22.3 Å². The Labute approximate surface area is 99.8 Å². The molecular formula is C12H16N2O3. The van der Waals surface area contributed by atoms with Crippen molar-refractivity contribution in [3.63, 3.8) is 0 Å². The first-order valence-corrected chi connectivity index (χ1v) is 5.25. The highest BCUT2D eigenvalue weighted by molar-refractivity contribution is 5.94. The van der Waals surface area contributed by atoms with Gasteiger partial charge in [-0.3, -0.25) is 9.59 Å². The minimum absolute atomic E-state index is 0.0593. The van der Waals surface area contributed by atoms with Crippen LogP contribution < -0.4 is 5.73 Å². The molecule has 0 aliphatic rings. The summed E-state index contributed by atoms with van der Waals surface area (Å²) in [5.74, 6) is -1.12. The maximum atomic E-state index is 11.9. The summed E-state index contributed by atoms with van der Waals surface area (Å²) in [6.07, 6.45) is -0.0593. The second-order valence-corrected chi connectivity index (χ2v) is 3.94. The molecule has 5 nitrogen and oxygen atoms in total. The van der Waals surface area contributed by atoms with Gasteiger partial charge in [-0.15, -0.1) is 0 Å². The Morgan fingerprint density at radius 1 is 1.41 bits per heavy atom. The number of carboxylic acids is 1. The van der Waals surface area contributed by atoms with Gasteiger partial charge in [0.05, 0.1) is 6.42 Å². The number of rotatable bonds is 4. The van der Waals surface area contributed by atoms with Crippen molar-refractivity contribution in [2.75, 3.05) is 19.3 Å². The first-order chi connectivity index (χ1) is 7.91. The lowest BCUT2D eigenvalue weighted by atomic mass is 10.1. The minimum Gasteiger partial charge on any atom is -0.481 e. The number of aliphatic carboxylic acids is 1. The van der Waals surface area contributed by atoms with Crippen LogP contribution in [0.4, 0.5) is 5.69 Å². The maximum Gasteiger partial charge on any atom is 0.305 e. The first-order valence-electron chi connectivity index (χ1n) is 5.25. The summed E-state index contributed by atoms with van der Waals surface area (Å²) in [7, 11) is 1.58. The van der Waals surface area contributed by atoms with Crippen LogP contribution in [0.3, 0.4) is 0 Å². The van der Waals surface area contributed by atoms with Crippen LogP contribution in [0.15, 0.2) is 18.2 Å². The average molecular weight is 236 g/mol. The van der Waals surface area contributed by atoms with Crippen LogP contribution in [0, 0.1) is 6.92 Å². The van der Waals surface area contributed by atoms with E-state index >= 15 is 0 Å². The molecule has 1 aromatic rings. The Kier molecular flexibility index (Phi) is 4.09. The Balaban J connectivity index is 2.74. The van der Waals surface area contributed by atoms with Crippen molar-refractivity contribution in [2.24, 2.45) is 0 Å². The molecular weight excluding hydrogens is 220 g/mol. The predicted molar refractivity (Wildman–Crippen MR) is 64.8 cm³/mol. The number of nitrogens with zero attached hydrogens (tertiary/aromatic N) is 1. The van der Waals surface area contributed by atoms with Gasteiger partial charge in [0.2, 0.25) is 0 Å². The lowest BCUT2D eigenvalue weighted by Gasteiger charge is -2.16. The van der Waals surface area contributed by atoms with Gasteiger partial charge in [-0.25, -0.2) is 0 Å². The Hall–Kier alpha value is -2.04. The summed E-state index contributed by atoms with van der Waals surface area (Å²) < 4.78 is 0. The summed E-state index contributed by atoms with van der Waals surface area (Å²) in [5, 5.41) is 8.54. The van der Waals surface area contributed by atoms with Crippen molar-refractivity contribution >= 4 is 17.6 Å². The third-order valence-corrected chi connectivity index (χ3v) is 2.52. The monoisotopic (exact) mass is 236 g/mol. The zero-order valence-corrected chi connectivity index (χ0v) is 9.93. The van der Waals surface area contributed by atoms with Gasteiger partial charge < -0.3 is 15.7 Å². The zero-order chi connectivity index (χ0) is 13.0. The largest absolute Gasteiger partial charge is 0.481 e. The highest BCUT2D eigenvalue weighted by Crippen LogP contribution is 2.14. The second-order valence-electron chi connectivity index (χ2n) is 3.94. The summed E-state index contributed by atoms with van der Waals surface area (Å²) in [6.45, 7) is 2.01. The highest BCUT2D eigenvalue weighted by atomic mass is 16.4. The number of nitrogen functional groups attached to an aromatic ring is 1. The van der Waals surface area contributed by atoms with Gasteiger partial charge in [-0.1, -0.05) is 0 Å². The van der Waals surface area contributed by atoms with Crippen molar-refractivity contribution in [1.82, 2.24) is 4.90 Å². The number of carbonyl (C=O) groups excluding carboxylic acids is 1. The van der Waals surface area contributed by atoms with E-state index in [2.05, 4.69) is 0 Å². The summed E-state index contributed by atoms with van der Waals surface area (Å²) in [5.41, 5.74) is 7.65. The van der Waals surface area contributed by atoms with Crippen LogP contribution >= 0.6 is 0 Å². The van der Waals surface area contributed by atoms with Gasteiger partial charge in [0.1, 0.15) is 0 Å². The number of benzene rings is 1. The number of amides is 1. The highest BCUT2D eigenvalue weighted by Gasteiger charge is 2.13. The van der Waals surface area contributed by atoms with E-state index < -0.39 is 5.97 Å². The molecule has 1 aromatic carbocycles. The lowest BCUT2D eigenvalue weighted by Crippen LogP contribution is -2.29. The zero-order valence-electron chi connectivity index (χ0n) is 9.93. The van der Waals surface area contributed by atoms with Crippen molar-refractivity contribution < 1.29 is 14.7 Å². The third kappa shape index (κ3) is 3.48. The number of hydrogen-bond acceptors (Lipinski definition) is 3. The van der Waals surface area contributed by atoms with Gasteiger partial charge in [0, 0.05) is 24.8 Å². The molecule has 0 saturated carbocycles. The number of anilines is 1. The average Bonchev–Trinajstić information content (AvgIpc) is 2.28. The van der Waals surface area contributed by atoms with Crippen molar-refractivity contribution in [3.8, 4) is 0 Å². The van der Waals surface area contributed by atoms with Crippen molar-refractivity contribution in [2.45, 2.75) is 13.3 Å². The number of hydrogen-bond donors (Lipinski definition) is 2. The minimum atomic E-state index is -0.918. The molecule has 0 atom stereocenters. The fourth-order valence-corrected chi connectivity index (χ4v) is 1.39. The van der Waals surface area contributed by atoms with E-state index in [1.165, 1.54) is 4.90 Å². The lowest BCUT2D eigenvalue weighted by molar-refractivity contribution is -0.137. The first kappa shape index (κ1) is 13.0.